The monoisotopic (exact) mass is 262 g/mol. The Morgan fingerprint density at radius 1 is 1.37 bits per heavy atom. The van der Waals surface area contributed by atoms with E-state index in [4.69, 9.17) is 5.73 Å². The normalized spacial score (nSPS) is 12.6. The molecule has 2 aromatic heterocycles. The molecule has 0 saturated carbocycles. The maximum absolute atomic E-state index is 12.8. The van der Waals surface area contributed by atoms with E-state index < -0.39 is 0 Å². The molecular weight excluding hydrogens is 243 g/mol. The number of aromatic nitrogens is 3. The second kappa shape index (κ2) is 5.93. The molecular formula is C14H19FN4. The van der Waals surface area contributed by atoms with Crippen LogP contribution in [0.25, 0.3) is 0 Å². The first-order chi connectivity index (χ1) is 9.13. The van der Waals surface area contributed by atoms with Crippen LogP contribution < -0.4 is 5.73 Å². The molecule has 19 heavy (non-hydrogen) atoms. The lowest BCUT2D eigenvalue weighted by atomic mass is 10.1. The molecule has 2 aromatic rings. The van der Waals surface area contributed by atoms with Gasteiger partial charge in [-0.05, 0) is 31.5 Å². The van der Waals surface area contributed by atoms with Gasteiger partial charge in [0.25, 0.3) is 0 Å². The van der Waals surface area contributed by atoms with Gasteiger partial charge in [-0.2, -0.15) is 5.10 Å². The van der Waals surface area contributed by atoms with Gasteiger partial charge in [-0.3, -0.25) is 9.67 Å². The van der Waals surface area contributed by atoms with Crippen molar-refractivity contribution in [3.05, 3.63) is 47.3 Å². The van der Waals surface area contributed by atoms with E-state index in [1.54, 1.807) is 6.07 Å². The van der Waals surface area contributed by atoms with Gasteiger partial charge in [0.2, 0.25) is 0 Å². The molecule has 0 aromatic carbocycles. The van der Waals surface area contributed by atoms with Crippen LogP contribution in [-0.2, 0) is 19.4 Å². The maximum atomic E-state index is 12.8. The number of aryl methyl sites for hydroxylation is 2. The number of pyridine rings is 1. The van der Waals surface area contributed by atoms with Crippen LogP contribution in [0, 0.1) is 5.82 Å². The molecule has 0 aliphatic rings. The highest BCUT2D eigenvalue weighted by molar-refractivity contribution is 5.16. The molecule has 0 spiro atoms. The summed E-state index contributed by atoms with van der Waals surface area (Å²) in [6.07, 6.45) is 2.76. The smallest absolute Gasteiger partial charge is 0.141 e. The second-order valence-electron chi connectivity index (χ2n) is 4.51. The van der Waals surface area contributed by atoms with E-state index in [0.29, 0.717) is 12.1 Å². The van der Waals surface area contributed by atoms with Crippen LogP contribution >= 0.6 is 0 Å². The van der Waals surface area contributed by atoms with Crippen molar-refractivity contribution in [2.24, 2.45) is 5.73 Å². The van der Waals surface area contributed by atoms with Gasteiger partial charge in [0.1, 0.15) is 5.82 Å². The van der Waals surface area contributed by atoms with Crippen LogP contribution in [0.15, 0.2) is 24.4 Å². The zero-order valence-corrected chi connectivity index (χ0v) is 11.3. The van der Waals surface area contributed by atoms with Gasteiger partial charge in [-0.15, -0.1) is 0 Å². The van der Waals surface area contributed by atoms with Crippen LogP contribution in [0.3, 0.4) is 0 Å². The molecule has 2 N–H and O–H groups in total. The molecule has 5 heteroatoms. The fourth-order valence-corrected chi connectivity index (χ4v) is 2.06. The van der Waals surface area contributed by atoms with Crippen molar-refractivity contribution in [2.75, 3.05) is 0 Å². The third kappa shape index (κ3) is 3.17. The quantitative estimate of drug-likeness (QED) is 0.899. The predicted octanol–water partition coefficient (Wildman–Crippen LogP) is 2.24. The first-order valence-electron chi connectivity index (χ1n) is 6.56. The van der Waals surface area contributed by atoms with E-state index in [1.165, 1.54) is 12.3 Å². The van der Waals surface area contributed by atoms with Gasteiger partial charge >= 0.3 is 0 Å². The van der Waals surface area contributed by atoms with E-state index in [-0.39, 0.29) is 11.9 Å². The summed E-state index contributed by atoms with van der Waals surface area (Å²) in [5.41, 5.74) is 8.98. The summed E-state index contributed by atoms with van der Waals surface area (Å²) in [7, 11) is 0. The molecule has 2 heterocycles. The number of nitrogens with two attached hydrogens (primary N) is 1. The van der Waals surface area contributed by atoms with Crippen molar-refractivity contribution in [3.8, 4) is 0 Å². The van der Waals surface area contributed by atoms with Crippen molar-refractivity contribution in [1.29, 1.82) is 0 Å². The Kier molecular flexibility index (Phi) is 4.27. The lowest BCUT2D eigenvalue weighted by Gasteiger charge is -2.11. The summed E-state index contributed by atoms with van der Waals surface area (Å²) in [6.45, 7) is 4.95. The third-order valence-electron chi connectivity index (χ3n) is 3.13. The summed E-state index contributed by atoms with van der Waals surface area (Å²) >= 11 is 0. The summed E-state index contributed by atoms with van der Waals surface area (Å²) in [6, 6.07) is 4.85. The molecule has 0 aliphatic carbocycles. The Morgan fingerprint density at radius 2 is 2.16 bits per heavy atom. The summed E-state index contributed by atoms with van der Waals surface area (Å²) in [4.78, 5) is 4.03. The van der Waals surface area contributed by atoms with Crippen LogP contribution in [0.5, 0.6) is 0 Å². The molecule has 1 atom stereocenters. The van der Waals surface area contributed by atoms with Gasteiger partial charge < -0.3 is 5.73 Å². The van der Waals surface area contributed by atoms with Crippen molar-refractivity contribution in [3.63, 3.8) is 0 Å². The number of halogens is 1. The highest BCUT2D eigenvalue weighted by Gasteiger charge is 2.13. The first kappa shape index (κ1) is 13.7. The standard InChI is InChI=1S/C14H19FN4/c1-3-11-7-12(19(4-2)18-11)8-13(16)14-6-5-10(15)9-17-14/h5-7,9,13H,3-4,8,16H2,1-2H3. The molecule has 2 rings (SSSR count). The van der Waals surface area contributed by atoms with Crippen LogP contribution in [0.4, 0.5) is 4.39 Å². The minimum Gasteiger partial charge on any atom is -0.322 e. The zero-order chi connectivity index (χ0) is 13.8. The Labute approximate surface area is 112 Å². The molecule has 0 aliphatic heterocycles. The van der Waals surface area contributed by atoms with Gasteiger partial charge in [0, 0.05) is 18.7 Å². The van der Waals surface area contributed by atoms with Crippen molar-refractivity contribution in [1.82, 2.24) is 14.8 Å². The van der Waals surface area contributed by atoms with Crippen molar-refractivity contribution >= 4 is 0 Å². The molecule has 102 valence electrons. The molecule has 0 amide bonds. The lowest BCUT2D eigenvalue weighted by molar-refractivity contribution is 0.576. The van der Waals surface area contributed by atoms with Crippen molar-refractivity contribution < 1.29 is 4.39 Å². The summed E-state index contributed by atoms with van der Waals surface area (Å²) in [5.74, 6) is -0.345. The van der Waals surface area contributed by atoms with Crippen LogP contribution in [0.2, 0.25) is 0 Å². The Hall–Kier alpha value is -1.75. The number of nitrogens with zero attached hydrogens (tertiary/aromatic N) is 3. The molecule has 1 unspecified atom stereocenters. The van der Waals surface area contributed by atoms with Gasteiger partial charge in [0.05, 0.1) is 23.6 Å². The number of rotatable bonds is 5. The number of hydrogen-bond acceptors (Lipinski definition) is 3. The van der Waals surface area contributed by atoms with Gasteiger partial charge in [-0.25, -0.2) is 4.39 Å². The van der Waals surface area contributed by atoms with Crippen LogP contribution in [-0.4, -0.2) is 14.8 Å². The fraction of sp³-hybridized carbons (Fsp3) is 0.429. The topological polar surface area (TPSA) is 56.7 Å². The minimum atomic E-state index is -0.345. The Bertz CT molecular complexity index is 533. The van der Waals surface area contributed by atoms with Crippen LogP contribution in [0.1, 0.15) is 37.0 Å². The average Bonchev–Trinajstić information content (AvgIpc) is 2.81. The molecule has 0 saturated heterocycles. The van der Waals surface area contributed by atoms with Crippen molar-refractivity contribution in [2.45, 2.75) is 39.3 Å². The zero-order valence-electron chi connectivity index (χ0n) is 11.3. The predicted molar refractivity (Wildman–Crippen MR) is 72.1 cm³/mol. The largest absolute Gasteiger partial charge is 0.322 e. The highest BCUT2D eigenvalue weighted by Crippen LogP contribution is 2.16. The summed E-state index contributed by atoms with van der Waals surface area (Å²) < 4.78 is 14.8. The lowest BCUT2D eigenvalue weighted by Crippen LogP contribution is -2.17. The Balaban J connectivity index is 2.15. The summed E-state index contributed by atoms with van der Waals surface area (Å²) in [5, 5.41) is 4.49. The van der Waals surface area contributed by atoms with Gasteiger partial charge in [-0.1, -0.05) is 6.92 Å². The van der Waals surface area contributed by atoms with E-state index >= 15 is 0 Å². The molecule has 0 fully saturated rings. The average molecular weight is 262 g/mol. The highest BCUT2D eigenvalue weighted by atomic mass is 19.1. The molecule has 0 radical (unpaired) electrons. The SMILES string of the molecule is CCc1cc(CC(N)c2ccc(F)cn2)n(CC)n1. The van der Waals surface area contributed by atoms with E-state index in [1.807, 2.05) is 4.68 Å². The third-order valence-corrected chi connectivity index (χ3v) is 3.13. The molecule has 4 nitrogen and oxygen atoms in total. The van der Waals surface area contributed by atoms with E-state index in [2.05, 4.69) is 30.0 Å². The molecule has 0 bridgehead atoms. The fourth-order valence-electron chi connectivity index (χ4n) is 2.06. The maximum Gasteiger partial charge on any atom is 0.141 e. The number of hydrogen-bond donors (Lipinski definition) is 1. The second-order valence-corrected chi connectivity index (χ2v) is 4.51. The van der Waals surface area contributed by atoms with E-state index in [9.17, 15) is 4.39 Å². The van der Waals surface area contributed by atoms with E-state index in [0.717, 1.165) is 24.4 Å². The first-order valence-corrected chi connectivity index (χ1v) is 6.56. The van der Waals surface area contributed by atoms with Gasteiger partial charge in [0.15, 0.2) is 0 Å². The Morgan fingerprint density at radius 3 is 2.74 bits per heavy atom. The minimum absolute atomic E-state index is 0.243.